The summed E-state index contributed by atoms with van der Waals surface area (Å²) in [6.07, 6.45) is 5.88. The van der Waals surface area contributed by atoms with Crippen LogP contribution in [0.4, 0.5) is 0 Å². The van der Waals surface area contributed by atoms with Gasteiger partial charge in [-0.05, 0) is 54.1 Å². The maximum Gasteiger partial charge on any atom is 0.0458 e. The molecule has 3 heteroatoms. The van der Waals surface area contributed by atoms with E-state index in [0.29, 0.717) is 6.04 Å². The van der Waals surface area contributed by atoms with E-state index in [4.69, 9.17) is 0 Å². The van der Waals surface area contributed by atoms with Crippen molar-refractivity contribution < 1.29 is 0 Å². The lowest BCUT2D eigenvalue weighted by atomic mass is 10.0. The molecule has 2 aromatic heterocycles. The van der Waals surface area contributed by atoms with Crippen molar-refractivity contribution in [2.75, 3.05) is 6.54 Å². The van der Waals surface area contributed by atoms with Gasteiger partial charge >= 0.3 is 0 Å². The van der Waals surface area contributed by atoms with Gasteiger partial charge in [-0.1, -0.05) is 13.8 Å². The molecule has 2 aromatic rings. The lowest BCUT2D eigenvalue weighted by Gasteiger charge is -2.18. The van der Waals surface area contributed by atoms with Crippen molar-refractivity contribution in [3.63, 3.8) is 0 Å². The predicted molar refractivity (Wildman–Crippen MR) is 78.1 cm³/mol. The number of rotatable bonds is 6. The fourth-order valence-corrected chi connectivity index (χ4v) is 3.28. The summed E-state index contributed by atoms with van der Waals surface area (Å²) in [5.74, 6) is 0. The van der Waals surface area contributed by atoms with Gasteiger partial charge in [-0.25, -0.2) is 0 Å². The van der Waals surface area contributed by atoms with Crippen LogP contribution in [0.2, 0.25) is 0 Å². The third-order valence-electron chi connectivity index (χ3n) is 3.12. The number of pyridine rings is 1. The van der Waals surface area contributed by atoms with Gasteiger partial charge < -0.3 is 5.32 Å². The summed E-state index contributed by atoms with van der Waals surface area (Å²) in [5.41, 5.74) is 2.81. The monoisotopic (exact) mass is 260 g/mol. The van der Waals surface area contributed by atoms with Crippen LogP contribution in [0.5, 0.6) is 0 Å². The van der Waals surface area contributed by atoms with E-state index in [-0.39, 0.29) is 0 Å². The Balaban J connectivity index is 2.18. The van der Waals surface area contributed by atoms with Gasteiger partial charge in [0.1, 0.15) is 0 Å². The van der Waals surface area contributed by atoms with Gasteiger partial charge in [0.05, 0.1) is 0 Å². The van der Waals surface area contributed by atoms with Gasteiger partial charge in [-0.3, -0.25) is 4.98 Å². The van der Waals surface area contributed by atoms with Crippen molar-refractivity contribution in [3.8, 4) is 0 Å². The van der Waals surface area contributed by atoms with Crippen molar-refractivity contribution in [2.24, 2.45) is 0 Å². The molecule has 0 spiro atoms. The summed E-state index contributed by atoms with van der Waals surface area (Å²) in [6.45, 7) is 5.39. The quantitative estimate of drug-likeness (QED) is 0.858. The Morgan fingerprint density at radius 3 is 2.67 bits per heavy atom. The topological polar surface area (TPSA) is 24.9 Å². The Hall–Kier alpha value is -1.19. The number of thiophene rings is 1. The molecule has 0 radical (unpaired) electrons. The van der Waals surface area contributed by atoms with Gasteiger partial charge in [-0.2, -0.15) is 0 Å². The number of nitrogens with zero attached hydrogens (tertiary/aromatic N) is 1. The predicted octanol–water partition coefficient (Wildman–Crippen LogP) is 3.60. The molecule has 0 saturated heterocycles. The standard InChI is InChI=1S/C15H20N2S/c1-3-13-7-10-18-15(13)14(17-4-2)11-12-5-8-16-9-6-12/h5-10,14,17H,3-4,11H2,1-2H3. The first-order chi connectivity index (χ1) is 8.85. The number of nitrogens with one attached hydrogen (secondary N) is 1. The second-order valence-electron chi connectivity index (χ2n) is 4.33. The summed E-state index contributed by atoms with van der Waals surface area (Å²) in [6, 6.07) is 6.87. The van der Waals surface area contributed by atoms with Crippen LogP contribution in [0.1, 0.15) is 35.9 Å². The van der Waals surface area contributed by atoms with Crippen LogP contribution in [-0.2, 0) is 12.8 Å². The average molecular weight is 260 g/mol. The highest BCUT2D eigenvalue weighted by molar-refractivity contribution is 7.10. The third kappa shape index (κ3) is 3.18. The minimum atomic E-state index is 0.423. The van der Waals surface area contributed by atoms with Crippen LogP contribution in [0.25, 0.3) is 0 Å². The van der Waals surface area contributed by atoms with E-state index >= 15 is 0 Å². The highest BCUT2D eigenvalue weighted by Crippen LogP contribution is 2.27. The second-order valence-corrected chi connectivity index (χ2v) is 5.28. The molecule has 2 nitrogen and oxygen atoms in total. The van der Waals surface area contributed by atoms with Crippen LogP contribution in [0, 0.1) is 0 Å². The van der Waals surface area contributed by atoms with Gasteiger partial charge in [0, 0.05) is 23.3 Å². The zero-order valence-corrected chi connectivity index (χ0v) is 11.8. The molecule has 0 aliphatic carbocycles. The minimum absolute atomic E-state index is 0.423. The highest BCUT2D eigenvalue weighted by atomic mass is 32.1. The summed E-state index contributed by atoms with van der Waals surface area (Å²) in [7, 11) is 0. The lowest BCUT2D eigenvalue weighted by Crippen LogP contribution is -2.23. The van der Waals surface area contributed by atoms with E-state index in [0.717, 1.165) is 19.4 Å². The Morgan fingerprint density at radius 1 is 1.22 bits per heavy atom. The number of likely N-dealkylation sites (N-methyl/N-ethyl adjacent to an activating group) is 1. The first kappa shape index (κ1) is 13.2. The van der Waals surface area contributed by atoms with E-state index in [1.807, 2.05) is 23.7 Å². The van der Waals surface area contributed by atoms with Crippen molar-refractivity contribution in [1.29, 1.82) is 0 Å². The summed E-state index contributed by atoms with van der Waals surface area (Å²) in [4.78, 5) is 5.56. The molecule has 1 N–H and O–H groups in total. The van der Waals surface area contributed by atoms with Crippen LogP contribution in [0.15, 0.2) is 36.0 Å². The number of hydrogen-bond acceptors (Lipinski definition) is 3. The van der Waals surface area contributed by atoms with Crippen LogP contribution >= 0.6 is 11.3 Å². The fourth-order valence-electron chi connectivity index (χ4n) is 2.20. The van der Waals surface area contributed by atoms with Crippen LogP contribution in [-0.4, -0.2) is 11.5 Å². The van der Waals surface area contributed by atoms with E-state index in [1.54, 1.807) is 0 Å². The molecule has 2 rings (SSSR count). The Bertz CT molecular complexity index is 464. The van der Waals surface area contributed by atoms with Gasteiger partial charge in [0.2, 0.25) is 0 Å². The Kier molecular flexibility index (Phi) is 4.90. The zero-order chi connectivity index (χ0) is 12.8. The van der Waals surface area contributed by atoms with Gasteiger partial charge in [0.25, 0.3) is 0 Å². The first-order valence-corrected chi connectivity index (χ1v) is 7.41. The van der Waals surface area contributed by atoms with E-state index in [9.17, 15) is 0 Å². The van der Waals surface area contributed by atoms with Crippen molar-refractivity contribution in [1.82, 2.24) is 10.3 Å². The smallest absolute Gasteiger partial charge is 0.0458 e. The molecule has 0 saturated carbocycles. The Morgan fingerprint density at radius 2 is 2.00 bits per heavy atom. The third-order valence-corrected chi connectivity index (χ3v) is 4.19. The number of aryl methyl sites for hydroxylation is 1. The molecule has 0 aromatic carbocycles. The van der Waals surface area contributed by atoms with Crippen molar-refractivity contribution >= 4 is 11.3 Å². The molecule has 18 heavy (non-hydrogen) atoms. The molecule has 0 bridgehead atoms. The average Bonchev–Trinajstić information content (AvgIpc) is 2.87. The van der Waals surface area contributed by atoms with Crippen LogP contribution in [0.3, 0.4) is 0 Å². The largest absolute Gasteiger partial charge is 0.309 e. The SMILES string of the molecule is CCNC(Cc1ccncc1)c1sccc1CC. The minimum Gasteiger partial charge on any atom is -0.309 e. The van der Waals surface area contributed by atoms with Gasteiger partial charge in [-0.15, -0.1) is 11.3 Å². The first-order valence-electron chi connectivity index (χ1n) is 6.53. The second kappa shape index (κ2) is 6.66. The maximum atomic E-state index is 4.08. The lowest BCUT2D eigenvalue weighted by molar-refractivity contribution is 0.554. The summed E-state index contributed by atoms with van der Waals surface area (Å²) < 4.78 is 0. The van der Waals surface area contributed by atoms with E-state index in [1.165, 1.54) is 16.0 Å². The molecule has 0 fully saturated rings. The van der Waals surface area contributed by atoms with Crippen LogP contribution < -0.4 is 5.32 Å². The zero-order valence-electron chi connectivity index (χ0n) is 11.0. The van der Waals surface area contributed by atoms with E-state index < -0.39 is 0 Å². The molecule has 0 aliphatic rings. The van der Waals surface area contributed by atoms with Crippen molar-refractivity contribution in [2.45, 2.75) is 32.7 Å². The maximum absolute atomic E-state index is 4.08. The molecule has 2 heterocycles. The highest BCUT2D eigenvalue weighted by Gasteiger charge is 2.15. The molecular weight excluding hydrogens is 240 g/mol. The summed E-state index contributed by atoms with van der Waals surface area (Å²) in [5, 5.41) is 5.80. The number of aromatic nitrogens is 1. The molecule has 1 unspecified atom stereocenters. The molecule has 1 atom stereocenters. The fraction of sp³-hybridized carbons (Fsp3) is 0.400. The normalized spacial score (nSPS) is 12.6. The molecule has 0 amide bonds. The van der Waals surface area contributed by atoms with E-state index in [2.05, 4.69) is 47.7 Å². The molecule has 0 aliphatic heterocycles. The molecular formula is C15H20N2S. The summed E-state index contributed by atoms with van der Waals surface area (Å²) >= 11 is 1.86. The van der Waals surface area contributed by atoms with Crippen molar-refractivity contribution in [3.05, 3.63) is 52.0 Å². The number of hydrogen-bond donors (Lipinski definition) is 1. The Labute approximate surface area is 113 Å². The van der Waals surface area contributed by atoms with Gasteiger partial charge in [0.15, 0.2) is 0 Å². The molecule has 96 valence electrons.